The summed E-state index contributed by atoms with van der Waals surface area (Å²) in [5.74, 6) is -0.0219. The summed E-state index contributed by atoms with van der Waals surface area (Å²) in [5.41, 5.74) is 0.534. The summed E-state index contributed by atoms with van der Waals surface area (Å²) < 4.78 is 45.0. The van der Waals surface area contributed by atoms with Crippen LogP contribution in [0.3, 0.4) is 0 Å². The Balaban J connectivity index is 1.98. The number of benzene rings is 1. The van der Waals surface area contributed by atoms with E-state index in [2.05, 4.69) is 15.0 Å². The smallest absolute Gasteiger partial charge is 0.493 e. The third-order valence-corrected chi connectivity index (χ3v) is 2.77. The van der Waals surface area contributed by atoms with Crippen LogP contribution in [-0.4, -0.2) is 24.4 Å². The maximum absolute atomic E-state index is 12.1. The van der Waals surface area contributed by atoms with Crippen LogP contribution in [-0.2, 0) is 11.2 Å². The molecule has 0 aliphatic heterocycles. The van der Waals surface area contributed by atoms with Crippen LogP contribution in [0.25, 0.3) is 0 Å². The number of halogens is 3. The number of amides is 1. The fourth-order valence-electron chi connectivity index (χ4n) is 1.82. The number of carbonyl (C=O) groups excluding carboxylic acids is 1. The van der Waals surface area contributed by atoms with Crippen molar-refractivity contribution in [3.63, 3.8) is 0 Å². The van der Waals surface area contributed by atoms with Gasteiger partial charge in [-0.25, -0.2) is 4.98 Å². The average molecular weight is 326 g/mol. The number of nitrogens with zero attached hydrogens (tertiary/aromatic N) is 1. The molecule has 8 heteroatoms. The number of carbonyl (C=O) groups is 1. The molecule has 1 heterocycles. The number of hydrogen-bond donors (Lipinski definition) is 1. The van der Waals surface area contributed by atoms with E-state index >= 15 is 0 Å². The molecule has 0 radical (unpaired) electrons. The highest BCUT2D eigenvalue weighted by atomic mass is 19.4. The first-order valence-corrected chi connectivity index (χ1v) is 6.51. The maximum atomic E-state index is 12.1. The molecule has 1 aromatic heterocycles. The second kappa shape index (κ2) is 6.99. The summed E-state index contributed by atoms with van der Waals surface area (Å²) in [6.07, 6.45) is -3.26. The Morgan fingerprint density at radius 3 is 2.52 bits per heavy atom. The zero-order chi connectivity index (χ0) is 16.9. The van der Waals surface area contributed by atoms with E-state index in [1.165, 1.54) is 25.4 Å². The van der Waals surface area contributed by atoms with Gasteiger partial charge in [0, 0.05) is 6.20 Å². The molecule has 1 N–H and O–H groups in total. The van der Waals surface area contributed by atoms with Gasteiger partial charge in [-0.3, -0.25) is 4.79 Å². The standard InChI is InChI=1S/C15H13F3N2O3/c1-22-12-3-2-8-19-14(12)20-13(21)9-10-4-6-11(7-5-10)23-15(16,17)18/h2-8H,9H2,1H3,(H,19,20,21). The lowest BCUT2D eigenvalue weighted by atomic mass is 10.1. The fraction of sp³-hybridized carbons (Fsp3) is 0.200. The first-order chi connectivity index (χ1) is 10.9. The van der Waals surface area contributed by atoms with Gasteiger partial charge in [0.05, 0.1) is 13.5 Å². The van der Waals surface area contributed by atoms with E-state index in [4.69, 9.17) is 4.74 Å². The van der Waals surface area contributed by atoms with E-state index in [0.29, 0.717) is 11.3 Å². The van der Waals surface area contributed by atoms with Crippen LogP contribution in [0.2, 0.25) is 0 Å². The summed E-state index contributed by atoms with van der Waals surface area (Å²) >= 11 is 0. The molecule has 0 aliphatic rings. The zero-order valence-electron chi connectivity index (χ0n) is 12.1. The lowest BCUT2D eigenvalue weighted by molar-refractivity contribution is -0.274. The molecule has 0 saturated carbocycles. The second-order valence-corrected chi connectivity index (χ2v) is 4.47. The van der Waals surface area contributed by atoms with Crippen LogP contribution in [0.5, 0.6) is 11.5 Å². The van der Waals surface area contributed by atoms with Crippen LogP contribution in [0.15, 0.2) is 42.6 Å². The SMILES string of the molecule is COc1cccnc1NC(=O)Cc1ccc(OC(F)(F)F)cc1. The Bertz CT molecular complexity index is 672. The third kappa shape index (κ3) is 5.17. The van der Waals surface area contributed by atoms with Crippen molar-refractivity contribution in [2.75, 3.05) is 12.4 Å². The van der Waals surface area contributed by atoms with Crippen molar-refractivity contribution in [3.8, 4) is 11.5 Å². The van der Waals surface area contributed by atoms with Gasteiger partial charge in [0.15, 0.2) is 11.6 Å². The summed E-state index contributed by atoms with van der Waals surface area (Å²) in [4.78, 5) is 15.9. The Kier molecular flexibility index (Phi) is 5.05. The predicted molar refractivity (Wildman–Crippen MR) is 76.2 cm³/mol. The van der Waals surface area contributed by atoms with Gasteiger partial charge < -0.3 is 14.8 Å². The summed E-state index contributed by atoms with van der Waals surface area (Å²) in [7, 11) is 1.45. The summed E-state index contributed by atoms with van der Waals surface area (Å²) in [5, 5.41) is 2.58. The molecule has 0 spiro atoms. The number of nitrogens with one attached hydrogen (secondary N) is 1. The Hall–Kier alpha value is -2.77. The minimum Gasteiger partial charge on any atom is -0.493 e. The minimum atomic E-state index is -4.74. The average Bonchev–Trinajstić information content (AvgIpc) is 2.48. The number of aromatic nitrogens is 1. The van der Waals surface area contributed by atoms with Crippen molar-refractivity contribution in [1.82, 2.24) is 4.98 Å². The first-order valence-electron chi connectivity index (χ1n) is 6.51. The van der Waals surface area contributed by atoms with Crippen molar-refractivity contribution >= 4 is 11.7 Å². The minimum absolute atomic E-state index is 0.0218. The molecule has 0 bridgehead atoms. The van der Waals surface area contributed by atoms with E-state index in [9.17, 15) is 18.0 Å². The molecular weight excluding hydrogens is 313 g/mol. The normalized spacial score (nSPS) is 11.0. The van der Waals surface area contributed by atoms with Crippen LogP contribution >= 0.6 is 0 Å². The van der Waals surface area contributed by atoms with Crippen molar-refractivity contribution in [1.29, 1.82) is 0 Å². The fourth-order valence-corrected chi connectivity index (χ4v) is 1.82. The Morgan fingerprint density at radius 2 is 1.91 bits per heavy atom. The van der Waals surface area contributed by atoms with Crippen molar-refractivity contribution in [3.05, 3.63) is 48.2 Å². The molecule has 2 rings (SSSR count). The molecule has 0 atom stereocenters. The van der Waals surface area contributed by atoms with Crippen molar-refractivity contribution < 1.29 is 27.4 Å². The zero-order valence-corrected chi connectivity index (χ0v) is 12.1. The van der Waals surface area contributed by atoms with E-state index in [1.807, 2.05) is 0 Å². The molecule has 2 aromatic rings. The molecule has 0 saturated heterocycles. The van der Waals surface area contributed by atoms with E-state index in [-0.39, 0.29) is 23.9 Å². The molecule has 1 amide bonds. The lowest BCUT2D eigenvalue weighted by Gasteiger charge is -2.10. The topological polar surface area (TPSA) is 60.5 Å². The van der Waals surface area contributed by atoms with Gasteiger partial charge in [-0.2, -0.15) is 0 Å². The van der Waals surface area contributed by atoms with Crippen molar-refractivity contribution in [2.45, 2.75) is 12.8 Å². The van der Waals surface area contributed by atoms with Gasteiger partial charge in [0.1, 0.15) is 5.75 Å². The second-order valence-electron chi connectivity index (χ2n) is 4.47. The number of pyridine rings is 1. The number of rotatable bonds is 5. The van der Waals surface area contributed by atoms with Gasteiger partial charge in [0.2, 0.25) is 5.91 Å². The number of anilines is 1. The van der Waals surface area contributed by atoms with Crippen LogP contribution < -0.4 is 14.8 Å². The van der Waals surface area contributed by atoms with Gasteiger partial charge in [0.25, 0.3) is 0 Å². The number of methoxy groups -OCH3 is 1. The van der Waals surface area contributed by atoms with Gasteiger partial charge >= 0.3 is 6.36 Å². The van der Waals surface area contributed by atoms with Crippen LogP contribution in [0.1, 0.15) is 5.56 Å². The summed E-state index contributed by atoms with van der Waals surface area (Å²) in [6, 6.07) is 8.38. The van der Waals surface area contributed by atoms with Crippen molar-refractivity contribution in [2.24, 2.45) is 0 Å². The monoisotopic (exact) mass is 326 g/mol. The van der Waals surface area contributed by atoms with Gasteiger partial charge in [-0.15, -0.1) is 13.2 Å². The highest BCUT2D eigenvalue weighted by Gasteiger charge is 2.30. The molecule has 0 fully saturated rings. The maximum Gasteiger partial charge on any atom is 0.573 e. The van der Waals surface area contributed by atoms with Gasteiger partial charge in [-0.1, -0.05) is 12.1 Å². The number of hydrogen-bond acceptors (Lipinski definition) is 4. The molecule has 5 nitrogen and oxygen atoms in total. The third-order valence-electron chi connectivity index (χ3n) is 2.77. The van der Waals surface area contributed by atoms with E-state index in [0.717, 1.165) is 12.1 Å². The largest absolute Gasteiger partial charge is 0.573 e. The van der Waals surface area contributed by atoms with E-state index < -0.39 is 6.36 Å². The molecule has 23 heavy (non-hydrogen) atoms. The lowest BCUT2D eigenvalue weighted by Crippen LogP contribution is -2.17. The Morgan fingerprint density at radius 1 is 1.22 bits per heavy atom. The quantitative estimate of drug-likeness (QED) is 0.917. The summed E-state index contributed by atoms with van der Waals surface area (Å²) in [6.45, 7) is 0. The molecule has 1 aromatic carbocycles. The molecule has 0 aliphatic carbocycles. The first kappa shape index (κ1) is 16.6. The highest BCUT2D eigenvalue weighted by Crippen LogP contribution is 2.23. The molecule has 0 unspecified atom stereocenters. The highest BCUT2D eigenvalue weighted by molar-refractivity contribution is 5.92. The van der Waals surface area contributed by atoms with Crippen LogP contribution in [0.4, 0.5) is 19.0 Å². The number of alkyl halides is 3. The van der Waals surface area contributed by atoms with E-state index in [1.54, 1.807) is 12.1 Å². The Labute approximate surface area is 130 Å². The molecular formula is C15H13F3N2O3. The number of ether oxygens (including phenoxy) is 2. The van der Waals surface area contributed by atoms with Crippen LogP contribution in [0, 0.1) is 0 Å². The van der Waals surface area contributed by atoms with Gasteiger partial charge in [-0.05, 0) is 29.8 Å². The predicted octanol–water partition coefficient (Wildman–Crippen LogP) is 3.17. The molecule has 122 valence electrons.